The Morgan fingerprint density at radius 1 is 1.58 bits per heavy atom. The molecule has 1 heterocycles. The highest BCUT2D eigenvalue weighted by molar-refractivity contribution is 5.86. The first kappa shape index (κ1) is 7.99. The number of Topliss-reactive ketones (excluding diaryl/α,β-unsaturated/α-hetero) is 1. The normalized spacial score (nSPS) is 39.1. The molecule has 0 aromatic heterocycles. The molecule has 1 aliphatic heterocycles. The van der Waals surface area contributed by atoms with E-state index in [-0.39, 0.29) is 18.1 Å². The molecule has 2 heteroatoms. The van der Waals surface area contributed by atoms with Gasteiger partial charge in [0.2, 0.25) is 0 Å². The minimum atomic E-state index is 0.179. The van der Waals surface area contributed by atoms with Crippen molar-refractivity contribution < 1.29 is 9.53 Å². The Kier molecular flexibility index (Phi) is 2.01. The summed E-state index contributed by atoms with van der Waals surface area (Å²) in [6.45, 7) is 2.10. The van der Waals surface area contributed by atoms with Crippen molar-refractivity contribution in [3.05, 3.63) is 12.2 Å². The lowest BCUT2D eigenvalue weighted by Gasteiger charge is -2.04. The lowest BCUT2D eigenvalue weighted by atomic mass is 10.0. The predicted octanol–water partition coefficient (Wildman–Crippen LogP) is 1.70. The SMILES string of the molecule is CC/C=C/CC1C(=O)CC2OC21. The highest BCUT2D eigenvalue weighted by atomic mass is 16.6. The number of carbonyl (C=O) groups is 1. The van der Waals surface area contributed by atoms with Crippen LogP contribution in [-0.2, 0) is 9.53 Å². The smallest absolute Gasteiger partial charge is 0.141 e. The van der Waals surface area contributed by atoms with E-state index >= 15 is 0 Å². The maximum atomic E-state index is 11.3. The fourth-order valence-corrected chi connectivity index (χ4v) is 1.88. The Bertz CT molecular complexity index is 220. The largest absolute Gasteiger partial charge is 0.368 e. The van der Waals surface area contributed by atoms with Gasteiger partial charge >= 0.3 is 0 Å². The van der Waals surface area contributed by atoms with Gasteiger partial charge < -0.3 is 4.74 Å². The van der Waals surface area contributed by atoms with E-state index in [2.05, 4.69) is 19.1 Å². The standard InChI is InChI=1S/C10H14O2/c1-2-3-4-5-7-8(11)6-9-10(7)12-9/h3-4,7,9-10H,2,5-6H2,1H3/b4-3+. The van der Waals surface area contributed by atoms with Crippen LogP contribution < -0.4 is 0 Å². The molecule has 2 fully saturated rings. The summed E-state index contributed by atoms with van der Waals surface area (Å²) in [4.78, 5) is 11.3. The molecule has 2 aliphatic rings. The number of ketones is 1. The van der Waals surface area contributed by atoms with Gasteiger partial charge in [0.15, 0.2) is 0 Å². The first-order chi connectivity index (χ1) is 5.83. The van der Waals surface area contributed by atoms with Crippen LogP contribution in [0.15, 0.2) is 12.2 Å². The van der Waals surface area contributed by atoms with Gasteiger partial charge in [-0.1, -0.05) is 19.1 Å². The lowest BCUT2D eigenvalue weighted by molar-refractivity contribution is -0.123. The van der Waals surface area contributed by atoms with Crippen LogP contribution in [0, 0.1) is 5.92 Å². The topological polar surface area (TPSA) is 29.6 Å². The molecule has 0 aromatic carbocycles. The molecule has 0 amide bonds. The Labute approximate surface area is 72.6 Å². The van der Waals surface area contributed by atoms with Crippen molar-refractivity contribution in [2.45, 2.75) is 38.4 Å². The second kappa shape index (κ2) is 3.02. The minimum absolute atomic E-state index is 0.179. The Morgan fingerprint density at radius 2 is 2.42 bits per heavy atom. The zero-order valence-electron chi connectivity index (χ0n) is 7.32. The number of hydrogen-bond acceptors (Lipinski definition) is 2. The van der Waals surface area contributed by atoms with Gasteiger partial charge in [0.05, 0.1) is 18.1 Å². The molecule has 3 unspecified atom stereocenters. The number of allylic oxidation sites excluding steroid dienone is 2. The van der Waals surface area contributed by atoms with E-state index < -0.39 is 0 Å². The molecule has 2 rings (SSSR count). The van der Waals surface area contributed by atoms with Gasteiger partial charge in [0, 0.05) is 6.42 Å². The number of epoxide rings is 1. The van der Waals surface area contributed by atoms with Gasteiger partial charge in [0.25, 0.3) is 0 Å². The molecule has 0 aromatic rings. The molecule has 1 aliphatic carbocycles. The van der Waals surface area contributed by atoms with Crippen molar-refractivity contribution in [2.75, 3.05) is 0 Å². The number of rotatable bonds is 3. The van der Waals surface area contributed by atoms with Crippen molar-refractivity contribution in [1.82, 2.24) is 0 Å². The van der Waals surface area contributed by atoms with Crippen LogP contribution in [0.5, 0.6) is 0 Å². The second-order valence-corrected chi connectivity index (χ2v) is 3.53. The van der Waals surface area contributed by atoms with E-state index in [9.17, 15) is 4.79 Å². The summed E-state index contributed by atoms with van der Waals surface area (Å²) in [5, 5.41) is 0. The van der Waals surface area contributed by atoms with Gasteiger partial charge in [-0.2, -0.15) is 0 Å². The highest BCUT2D eigenvalue weighted by Crippen LogP contribution is 2.42. The zero-order chi connectivity index (χ0) is 8.55. The summed E-state index contributed by atoms with van der Waals surface area (Å²) in [6, 6.07) is 0. The van der Waals surface area contributed by atoms with E-state index in [0.717, 1.165) is 12.8 Å². The molecule has 1 saturated heterocycles. The van der Waals surface area contributed by atoms with Crippen LogP contribution in [0.1, 0.15) is 26.2 Å². The summed E-state index contributed by atoms with van der Waals surface area (Å²) in [7, 11) is 0. The molecule has 1 saturated carbocycles. The summed E-state index contributed by atoms with van der Waals surface area (Å²) < 4.78 is 5.31. The fourth-order valence-electron chi connectivity index (χ4n) is 1.88. The van der Waals surface area contributed by atoms with Gasteiger partial charge in [-0.3, -0.25) is 4.79 Å². The van der Waals surface area contributed by atoms with Crippen molar-refractivity contribution in [2.24, 2.45) is 5.92 Å². The van der Waals surface area contributed by atoms with Crippen molar-refractivity contribution in [3.8, 4) is 0 Å². The summed E-state index contributed by atoms with van der Waals surface area (Å²) in [6.07, 6.45) is 7.38. The predicted molar refractivity (Wildman–Crippen MR) is 45.8 cm³/mol. The summed E-state index contributed by atoms with van der Waals surface area (Å²) in [5.74, 6) is 0.579. The molecule has 0 radical (unpaired) electrons. The van der Waals surface area contributed by atoms with E-state index in [1.54, 1.807) is 0 Å². The van der Waals surface area contributed by atoms with Crippen LogP contribution in [0.2, 0.25) is 0 Å². The third-order valence-electron chi connectivity index (χ3n) is 2.63. The van der Waals surface area contributed by atoms with Gasteiger partial charge in [-0.15, -0.1) is 0 Å². The molecule has 66 valence electrons. The average Bonchev–Trinajstić information content (AvgIpc) is 2.72. The van der Waals surface area contributed by atoms with Gasteiger partial charge in [-0.25, -0.2) is 0 Å². The minimum Gasteiger partial charge on any atom is -0.368 e. The van der Waals surface area contributed by atoms with E-state index in [1.807, 2.05) is 0 Å². The second-order valence-electron chi connectivity index (χ2n) is 3.53. The van der Waals surface area contributed by atoms with Crippen LogP contribution in [0.3, 0.4) is 0 Å². The first-order valence-electron chi connectivity index (χ1n) is 4.66. The van der Waals surface area contributed by atoms with Crippen molar-refractivity contribution >= 4 is 5.78 Å². The Balaban J connectivity index is 1.86. The Morgan fingerprint density at radius 3 is 3.00 bits per heavy atom. The third kappa shape index (κ3) is 1.31. The maximum absolute atomic E-state index is 11.3. The molecular formula is C10H14O2. The van der Waals surface area contributed by atoms with Gasteiger partial charge in [-0.05, 0) is 12.8 Å². The van der Waals surface area contributed by atoms with E-state index in [1.165, 1.54) is 0 Å². The summed E-state index contributed by atoms with van der Waals surface area (Å²) in [5.41, 5.74) is 0. The van der Waals surface area contributed by atoms with Crippen LogP contribution >= 0.6 is 0 Å². The quantitative estimate of drug-likeness (QED) is 0.471. The third-order valence-corrected chi connectivity index (χ3v) is 2.63. The summed E-state index contributed by atoms with van der Waals surface area (Å²) >= 11 is 0. The van der Waals surface area contributed by atoms with E-state index in [4.69, 9.17) is 4.74 Å². The van der Waals surface area contributed by atoms with Crippen LogP contribution in [0.4, 0.5) is 0 Å². The molecule has 3 atom stereocenters. The van der Waals surface area contributed by atoms with Crippen molar-refractivity contribution in [1.29, 1.82) is 0 Å². The molecule has 0 bridgehead atoms. The molecule has 0 N–H and O–H groups in total. The number of carbonyl (C=O) groups excluding carboxylic acids is 1. The Hall–Kier alpha value is -0.630. The number of ether oxygens (including phenoxy) is 1. The zero-order valence-corrected chi connectivity index (χ0v) is 7.32. The highest BCUT2D eigenvalue weighted by Gasteiger charge is 2.54. The van der Waals surface area contributed by atoms with Crippen molar-refractivity contribution in [3.63, 3.8) is 0 Å². The van der Waals surface area contributed by atoms with Gasteiger partial charge in [0.1, 0.15) is 5.78 Å². The number of fused-ring (bicyclic) bond motifs is 1. The lowest BCUT2D eigenvalue weighted by Crippen LogP contribution is -2.13. The molecule has 0 spiro atoms. The molecular weight excluding hydrogens is 152 g/mol. The monoisotopic (exact) mass is 166 g/mol. The molecule has 12 heavy (non-hydrogen) atoms. The maximum Gasteiger partial charge on any atom is 0.141 e. The number of hydrogen-bond donors (Lipinski definition) is 0. The average molecular weight is 166 g/mol. The van der Waals surface area contributed by atoms with Crippen LogP contribution in [0.25, 0.3) is 0 Å². The molecule has 2 nitrogen and oxygen atoms in total. The first-order valence-corrected chi connectivity index (χ1v) is 4.66. The fraction of sp³-hybridized carbons (Fsp3) is 0.700. The van der Waals surface area contributed by atoms with Crippen LogP contribution in [-0.4, -0.2) is 18.0 Å². The van der Waals surface area contributed by atoms with E-state index in [0.29, 0.717) is 12.2 Å².